The highest BCUT2D eigenvalue weighted by Gasteiger charge is 2.18. The lowest BCUT2D eigenvalue weighted by atomic mass is 10.0. The highest BCUT2D eigenvalue weighted by Crippen LogP contribution is 2.27. The summed E-state index contributed by atoms with van der Waals surface area (Å²) in [5.41, 5.74) is 4.60. The Balaban J connectivity index is 0.00000225. The number of carboxylic acid groups (broad SMARTS) is 1. The van der Waals surface area contributed by atoms with Gasteiger partial charge >= 0.3 is 5.97 Å². The van der Waals surface area contributed by atoms with Crippen molar-refractivity contribution in [3.8, 4) is 5.75 Å². The first-order valence-electron chi connectivity index (χ1n) is 4.04. The summed E-state index contributed by atoms with van der Waals surface area (Å²) >= 11 is 0. The monoisotopic (exact) mass is 253 g/mol. The number of nitrogens with two attached hydrogens (primary N) is 1. The maximum Gasteiger partial charge on any atom is 0.335 e. The van der Waals surface area contributed by atoms with Crippen LogP contribution in [-0.2, 0) is 0 Å². The molecule has 90 valence electrons. The van der Waals surface area contributed by atoms with Crippen LogP contribution >= 0.6 is 12.4 Å². The minimum atomic E-state index is -1.37. The average Bonchev–Trinajstić information content (AvgIpc) is 2.20. The molecule has 4 N–H and O–H groups in total. The van der Waals surface area contributed by atoms with Crippen molar-refractivity contribution in [2.75, 3.05) is 6.67 Å². The quantitative estimate of drug-likeness (QED) is 0.764. The van der Waals surface area contributed by atoms with Gasteiger partial charge in [-0.05, 0) is 12.1 Å². The van der Waals surface area contributed by atoms with Crippen LogP contribution in [0.4, 0.5) is 8.78 Å². The smallest absolute Gasteiger partial charge is 0.335 e. The normalized spacial score (nSPS) is 11.7. The van der Waals surface area contributed by atoms with Crippen LogP contribution < -0.4 is 5.73 Å². The zero-order valence-corrected chi connectivity index (χ0v) is 8.80. The molecule has 0 radical (unpaired) electrons. The molecule has 1 aromatic carbocycles. The van der Waals surface area contributed by atoms with Gasteiger partial charge in [0, 0.05) is 5.56 Å². The Morgan fingerprint density at radius 3 is 2.50 bits per heavy atom. The molecular formula is C9H10ClF2NO3. The maximum atomic E-state index is 13.0. The lowest BCUT2D eigenvalue weighted by Crippen LogP contribution is -2.14. The molecular weight excluding hydrogens is 244 g/mol. The summed E-state index contributed by atoms with van der Waals surface area (Å²) in [6, 6.07) is 0.357. The molecule has 4 nitrogen and oxygen atoms in total. The van der Waals surface area contributed by atoms with Crippen LogP contribution in [0.15, 0.2) is 12.1 Å². The summed E-state index contributed by atoms with van der Waals surface area (Å²) in [4.78, 5) is 10.5. The summed E-state index contributed by atoms with van der Waals surface area (Å²) in [7, 11) is 0. The van der Waals surface area contributed by atoms with Gasteiger partial charge in [0.05, 0.1) is 11.6 Å². The molecule has 0 spiro atoms. The molecule has 1 atom stereocenters. The number of alkyl halides is 1. The number of aromatic hydroxyl groups is 1. The first-order valence-corrected chi connectivity index (χ1v) is 4.04. The lowest BCUT2D eigenvalue weighted by molar-refractivity contribution is 0.0696. The number of halogens is 3. The summed E-state index contributed by atoms with van der Waals surface area (Å²) in [5, 5.41) is 17.8. The van der Waals surface area contributed by atoms with Crippen molar-refractivity contribution < 1.29 is 23.8 Å². The molecule has 0 bridgehead atoms. The van der Waals surface area contributed by atoms with E-state index in [9.17, 15) is 18.7 Å². The summed E-state index contributed by atoms with van der Waals surface area (Å²) in [6.45, 7) is -1.02. The van der Waals surface area contributed by atoms with E-state index in [0.29, 0.717) is 6.07 Å². The fourth-order valence-electron chi connectivity index (χ4n) is 1.11. The first-order chi connectivity index (χ1) is 6.97. The van der Waals surface area contributed by atoms with Gasteiger partial charge in [-0.1, -0.05) is 0 Å². The highest BCUT2D eigenvalue weighted by molar-refractivity contribution is 5.88. The lowest BCUT2D eigenvalue weighted by Gasteiger charge is -2.11. The molecule has 0 aliphatic carbocycles. The zero-order valence-electron chi connectivity index (χ0n) is 7.98. The van der Waals surface area contributed by atoms with Crippen molar-refractivity contribution in [1.29, 1.82) is 0 Å². The van der Waals surface area contributed by atoms with Crippen molar-refractivity contribution in [2.24, 2.45) is 5.73 Å². The molecule has 1 rings (SSSR count). The molecule has 0 heterocycles. The van der Waals surface area contributed by atoms with Gasteiger partial charge < -0.3 is 15.9 Å². The van der Waals surface area contributed by atoms with Crippen molar-refractivity contribution in [3.05, 3.63) is 29.1 Å². The van der Waals surface area contributed by atoms with Crippen LogP contribution in [-0.4, -0.2) is 22.9 Å². The Morgan fingerprint density at radius 1 is 1.50 bits per heavy atom. The Kier molecular flexibility index (Phi) is 5.13. The van der Waals surface area contributed by atoms with E-state index in [0.717, 1.165) is 6.07 Å². The number of phenols is 1. The third-order valence-corrected chi connectivity index (χ3v) is 1.91. The summed E-state index contributed by atoms with van der Waals surface area (Å²) < 4.78 is 25.2. The van der Waals surface area contributed by atoms with E-state index in [1.807, 2.05) is 0 Å². The van der Waals surface area contributed by atoms with Crippen LogP contribution in [0.5, 0.6) is 5.75 Å². The van der Waals surface area contributed by atoms with Crippen molar-refractivity contribution in [3.63, 3.8) is 0 Å². The molecule has 16 heavy (non-hydrogen) atoms. The predicted octanol–water partition coefficient (Wildman–Crippen LogP) is 1.62. The maximum absolute atomic E-state index is 13.0. The van der Waals surface area contributed by atoms with E-state index in [1.165, 1.54) is 0 Å². The third-order valence-electron chi connectivity index (χ3n) is 1.91. The second kappa shape index (κ2) is 5.62. The second-order valence-corrected chi connectivity index (χ2v) is 2.96. The molecule has 0 saturated carbocycles. The van der Waals surface area contributed by atoms with Gasteiger partial charge in [-0.3, -0.25) is 0 Å². The van der Waals surface area contributed by atoms with Gasteiger partial charge in [-0.15, -0.1) is 12.4 Å². The highest BCUT2D eigenvalue weighted by atomic mass is 35.5. The predicted molar refractivity (Wildman–Crippen MR) is 55.2 cm³/mol. The number of aromatic carboxylic acids is 1. The largest absolute Gasteiger partial charge is 0.505 e. The molecule has 7 heteroatoms. The fraction of sp³-hybridized carbons (Fsp3) is 0.222. The minimum Gasteiger partial charge on any atom is -0.505 e. The Bertz CT molecular complexity index is 401. The standard InChI is InChI=1S/C9H9F2NO3.ClH/c10-3-7(12)5-1-4(9(14)15)2-6(11)8(5)13;/h1-2,7,13H,3,12H2,(H,14,15);1H/t7-;/m1./s1. The van der Waals surface area contributed by atoms with Gasteiger partial charge in [0.1, 0.15) is 6.67 Å². The molecule has 0 saturated heterocycles. The zero-order chi connectivity index (χ0) is 11.6. The molecule has 0 unspecified atom stereocenters. The number of carboxylic acids is 1. The van der Waals surface area contributed by atoms with Crippen molar-refractivity contribution >= 4 is 18.4 Å². The Morgan fingerprint density at radius 2 is 2.06 bits per heavy atom. The number of phenolic OH excluding ortho intramolecular Hbond substituents is 1. The van der Waals surface area contributed by atoms with Crippen LogP contribution in [0.1, 0.15) is 22.0 Å². The minimum absolute atomic E-state index is 0. The van der Waals surface area contributed by atoms with Gasteiger partial charge in [-0.25, -0.2) is 13.6 Å². The van der Waals surface area contributed by atoms with Crippen LogP contribution in [0.25, 0.3) is 0 Å². The van der Waals surface area contributed by atoms with E-state index in [4.69, 9.17) is 10.8 Å². The van der Waals surface area contributed by atoms with E-state index in [-0.39, 0.29) is 23.5 Å². The number of rotatable bonds is 3. The number of hydrogen-bond acceptors (Lipinski definition) is 3. The van der Waals surface area contributed by atoms with Crippen LogP contribution in [0.3, 0.4) is 0 Å². The topological polar surface area (TPSA) is 83.6 Å². The summed E-state index contributed by atoms with van der Waals surface area (Å²) in [5.74, 6) is -3.32. The second-order valence-electron chi connectivity index (χ2n) is 2.96. The SMILES string of the molecule is Cl.N[C@H](CF)c1cc(C(=O)O)cc(F)c1O. The first kappa shape index (κ1) is 14.6. The molecule has 0 amide bonds. The third kappa shape index (κ3) is 2.80. The number of benzene rings is 1. The van der Waals surface area contributed by atoms with E-state index < -0.39 is 30.3 Å². The molecule has 0 aliphatic heterocycles. The van der Waals surface area contributed by atoms with Crippen LogP contribution in [0, 0.1) is 5.82 Å². The van der Waals surface area contributed by atoms with Gasteiger partial charge in [0.15, 0.2) is 11.6 Å². The fourth-order valence-corrected chi connectivity index (χ4v) is 1.11. The van der Waals surface area contributed by atoms with Gasteiger partial charge in [-0.2, -0.15) is 0 Å². The van der Waals surface area contributed by atoms with Crippen molar-refractivity contribution in [2.45, 2.75) is 6.04 Å². The average molecular weight is 254 g/mol. The molecule has 0 fully saturated rings. The molecule has 0 aliphatic rings. The Labute approximate surface area is 96.1 Å². The molecule has 1 aromatic rings. The number of carbonyl (C=O) groups is 1. The Hall–Kier alpha value is -1.40. The van der Waals surface area contributed by atoms with Gasteiger partial charge in [0.25, 0.3) is 0 Å². The van der Waals surface area contributed by atoms with E-state index in [1.54, 1.807) is 0 Å². The molecule has 0 aromatic heterocycles. The van der Waals surface area contributed by atoms with Crippen LogP contribution in [0.2, 0.25) is 0 Å². The summed E-state index contributed by atoms with van der Waals surface area (Å²) in [6.07, 6.45) is 0. The van der Waals surface area contributed by atoms with E-state index in [2.05, 4.69) is 0 Å². The van der Waals surface area contributed by atoms with E-state index >= 15 is 0 Å². The van der Waals surface area contributed by atoms with Gasteiger partial charge in [0.2, 0.25) is 0 Å². The number of hydrogen-bond donors (Lipinski definition) is 3. The van der Waals surface area contributed by atoms with Crippen molar-refractivity contribution in [1.82, 2.24) is 0 Å².